The summed E-state index contributed by atoms with van der Waals surface area (Å²) in [6.07, 6.45) is 2.22. The van der Waals surface area contributed by atoms with Crippen LogP contribution in [-0.2, 0) is 0 Å². The van der Waals surface area contributed by atoms with Gasteiger partial charge in [-0.1, -0.05) is 12.1 Å². The molecule has 1 fully saturated rings. The minimum atomic E-state index is -0.839. The van der Waals surface area contributed by atoms with Crippen LogP contribution in [0.3, 0.4) is 0 Å². The molecule has 4 rings (SSSR count). The van der Waals surface area contributed by atoms with E-state index in [1.165, 1.54) is 11.2 Å². The van der Waals surface area contributed by atoms with Gasteiger partial charge in [-0.3, -0.25) is 0 Å². The Kier molecular flexibility index (Phi) is 4.68. The molecule has 2 aromatic heterocycles. The second-order valence-electron chi connectivity index (χ2n) is 6.99. The van der Waals surface area contributed by atoms with Crippen LogP contribution in [0.4, 0.5) is 16.3 Å². The number of hydrogen-bond donors (Lipinski definition) is 2. The first-order valence-corrected chi connectivity index (χ1v) is 9.21. The Bertz CT molecular complexity index is 1020. The number of benzene rings is 1. The van der Waals surface area contributed by atoms with E-state index < -0.39 is 6.09 Å². The van der Waals surface area contributed by atoms with Gasteiger partial charge in [-0.05, 0) is 37.1 Å². The van der Waals surface area contributed by atoms with Crippen LogP contribution < -0.4 is 10.6 Å². The highest BCUT2D eigenvalue weighted by atomic mass is 16.4. The van der Waals surface area contributed by atoms with Crippen molar-refractivity contribution in [1.29, 1.82) is 0 Å². The van der Waals surface area contributed by atoms with Crippen LogP contribution in [0.5, 0.6) is 0 Å². The smallest absolute Gasteiger partial charge is 0.407 e. The average molecular weight is 378 g/mol. The summed E-state index contributed by atoms with van der Waals surface area (Å²) < 4.78 is 0. The maximum absolute atomic E-state index is 11.1. The molecule has 1 saturated heterocycles. The molecule has 28 heavy (non-hydrogen) atoms. The van der Waals surface area contributed by atoms with Crippen molar-refractivity contribution in [3.63, 3.8) is 0 Å². The van der Waals surface area contributed by atoms with Crippen LogP contribution in [0.2, 0.25) is 0 Å². The molecule has 0 aliphatic carbocycles. The molecule has 0 bridgehead atoms. The van der Waals surface area contributed by atoms with E-state index in [-0.39, 0.29) is 0 Å². The van der Waals surface area contributed by atoms with Gasteiger partial charge in [0.15, 0.2) is 5.82 Å². The summed E-state index contributed by atoms with van der Waals surface area (Å²) >= 11 is 0. The fourth-order valence-corrected chi connectivity index (χ4v) is 3.66. The van der Waals surface area contributed by atoms with E-state index in [0.717, 1.165) is 35.3 Å². The maximum Gasteiger partial charge on any atom is 0.407 e. The van der Waals surface area contributed by atoms with Crippen molar-refractivity contribution in [3.05, 3.63) is 42.7 Å². The number of likely N-dealkylation sites (tertiary alicyclic amines) is 1. The minimum absolute atomic E-state index is 0.305. The SMILES string of the molecule is CN(c1cccc(-c2ccc3ncnc(N)c3n2)c1)C1CCN(C(=O)O)CC1. The van der Waals surface area contributed by atoms with Crippen molar-refractivity contribution < 1.29 is 9.90 Å². The lowest BCUT2D eigenvalue weighted by atomic mass is 10.0. The molecule has 3 heterocycles. The highest BCUT2D eigenvalue weighted by molar-refractivity contribution is 5.86. The summed E-state index contributed by atoms with van der Waals surface area (Å²) in [4.78, 5) is 27.7. The molecule has 1 aliphatic heterocycles. The molecule has 0 unspecified atom stereocenters. The molecule has 1 amide bonds. The lowest BCUT2D eigenvalue weighted by Gasteiger charge is -2.36. The van der Waals surface area contributed by atoms with Crippen LogP contribution in [0.15, 0.2) is 42.7 Å². The zero-order valence-corrected chi connectivity index (χ0v) is 15.6. The Labute approximate surface area is 162 Å². The summed E-state index contributed by atoms with van der Waals surface area (Å²) in [7, 11) is 2.06. The number of anilines is 2. The van der Waals surface area contributed by atoms with Crippen molar-refractivity contribution in [3.8, 4) is 11.3 Å². The molecular weight excluding hydrogens is 356 g/mol. The Hall–Kier alpha value is -3.42. The van der Waals surface area contributed by atoms with Crippen LogP contribution in [-0.4, -0.2) is 57.2 Å². The first-order chi connectivity index (χ1) is 13.5. The number of rotatable bonds is 3. The quantitative estimate of drug-likeness (QED) is 0.721. The van der Waals surface area contributed by atoms with E-state index in [1.54, 1.807) is 0 Å². The molecule has 1 aromatic carbocycles. The number of pyridine rings is 1. The first-order valence-electron chi connectivity index (χ1n) is 9.21. The zero-order valence-electron chi connectivity index (χ0n) is 15.6. The molecule has 0 saturated carbocycles. The third-order valence-electron chi connectivity index (χ3n) is 5.34. The lowest BCUT2D eigenvalue weighted by molar-refractivity contribution is 0.132. The Morgan fingerprint density at radius 2 is 2.00 bits per heavy atom. The summed E-state index contributed by atoms with van der Waals surface area (Å²) in [5.41, 5.74) is 10.1. The van der Waals surface area contributed by atoms with Gasteiger partial charge < -0.3 is 20.6 Å². The normalized spacial score (nSPS) is 15.0. The fraction of sp³-hybridized carbons (Fsp3) is 0.300. The van der Waals surface area contributed by atoms with E-state index in [4.69, 9.17) is 10.8 Å². The van der Waals surface area contributed by atoms with E-state index in [9.17, 15) is 4.79 Å². The number of hydrogen-bond acceptors (Lipinski definition) is 6. The number of piperidine rings is 1. The van der Waals surface area contributed by atoms with E-state index in [0.29, 0.717) is 30.5 Å². The monoisotopic (exact) mass is 378 g/mol. The minimum Gasteiger partial charge on any atom is -0.465 e. The van der Waals surface area contributed by atoms with Gasteiger partial charge in [0.1, 0.15) is 11.8 Å². The van der Waals surface area contributed by atoms with Crippen molar-refractivity contribution in [2.75, 3.05) is 30.8 Å². The Morgan fingerprint density at radius 3 is 2.75 bits per heavy atom. The number of nitrogen functional groups attached to an aromatic ring is 1. The van der Waals surface area contributed by atoms with Gasteiger partial charge in [0.2, 0.25) is 0 Å². The topological polar surface area (TPSA) is 108 Å². The van der Waals surface area contributed by atoms with Crippen molar-refractivity contribution in [1.82, 2.24) is 19.9 Å². The fourth-order valence-electron chi connectivity index (χ4n) is 3.66. The molecular formula is C20H22N6O2. The summed E-state index contributed by atoms with van der Waals surface area (Å²) in [6, 6.07) is 12.3. The van der Waals surface area contributed by atoms with E-state index >= 15 is 0 Å². The third kappa shape index (κ3) is 3.40. The third-order valence-corrected chi connectivity index (χ3v) is 5.34. The number of amides is 1. The summed E-state index contributed by atoms with van der Waals surface area (Å²) in [6.45, 7) is 1.13. The van der Waals surface area contributed by atoms with Crippen molar-refractivity contribution >= 4 is 28.6 Å². The first kappa shape index (κ1) is 18.0. The number of fused-ring (bicyclic) bond motifs is 1. The van der Waals surface area contributed by atoms with Gasteiger partial charge in [0, 0.05) is 37.4 Å². The van der Waals surface area contributed by atoms with Crippen LogP contribution in [0.1, 0.15) is 12.8 Å². The molecule has 0 spiro atoms. The number of nitrogens with zero attached hydrogens (tertiary/aromatic N) is 5. The molecule has 3 N–H and O–H groups in total. The molecule has 8 nitrogen and oxygen atoms in total. The van der Waals surface area contributed by atoms with Gasteiger partial charge in [0.25, 0.3) is 0 Å². The zero-order chi connectivity index (χ0) is 19.7. The predicted octanol–water partition coefficient (Wildman–Crippen LogP) is 2.85. The van der Waals surface area contributed by atoms with Gasteiger partial charge in [-0.2, -0.15) is 0 Å². The standard InChI is InChI=1S/C20H22N6O2/c1-25(14-7-9-26(10-8-14)20(27)28)15-4-2-3-13(11-15)16-5-6-17-18(24-16)19(21)23-12-22-17/h2-6,11-12,14H,7-10H2,1H3,(H,27,28)(H2,21,22,23). The number of carbonyl (C=O) groups is 1. The largest absolute Gasteiger partial charge is 0.465 e. The molecule has 0 radical (unpaired) electrons. The lowest BCUT2D eigenvalue weighted by Crippen LogP contribution is -2.45. The molecule has 144 valence electrons. The number of nitrogens with two attached hydrogens (primary N) is 1. The highest BCUT2D eigenvalue weighted by Gasteiger charge is 2.25. The van der Waals surface area contributed by atoms with Gasteiger partial charge >= 0.3 is 6.09 Å². The second kappa shape index (κ2) is 7.30. The highest BCUT2D eigenvalue weighted by Crippen LogP contribution is 2.28. The van der Waals surface area contributed by atoms with E-state index in [1.807, 2.05) is 24.3 Å². The van der Waals surface area contributed by atoms with Crippen LogP contribution in [0, 0.1) is 0 Å². The predicted molar refractivity (Wildman–Crippen MR) is 108 cm³/mol. The molecule has 8 heteroatoms. The summed E-state index contributed by atoms with van der Waals surface area (Å²) in [5.74, 6) is 0.366. The molecule has 0 atom stereocenters. The van der Waals surface area contributed by atoms with Crippen molar-refractivity contribution in [2.24, 2.45) is 0 Å². The van der Waals surface area contributed by atoms with E-state index in [2.05, 4.69) is 39.0 Å². The van der Waals surface area contributed by atoms with Gasteiger partial charge in [0.05, 0.1) is 11.2 Å². The van der Waals surface area contributed by atoms with Crippen LogP contribution >= 0.6 is 0 Å². The van der Waals surface area contributed by atoms with Crippen LogP contribution in [0.25, 0.3) is 22.3 Å². The molecule has 1 aliphatic rings. The number of aromatic nitrogens is 3. The van der Waals surface area contributed by atoms with Crippen molar-refractivity contribution in [2.45, 2.75) is 18.9 Å². The van der Waals surface area contributed by atoms with Gasteiger partial charge in [-0.15, -0.1) is 0 Å². The maximum atomic E-state index is 11.1. The second-order valence-corrected chi connectivity index (χ2v) is 6.99. The van der Waals surface area contributed by atoms with Gasteiger partial charge in [-0.25, -0.2) is 19.7 Å². The number of carboxylic acid groups (broad SMARTS) is 1. The molecule has 3 aromatic rings. The Balaban J connectivity index is 1.58. The Morgan fingerprint density at radius 1 is 1.21 bits per heavy atom. The average Bonchev–Trinajstić information content (AvgIpc) is 2.73. The summed E-state index contributed by atoms with van der Waals surface area (Å²) in [5, 5.41) is 9.12.